The zero-order chi connectivity index (χ0) is 13.7. The molecule has 1 aliphatic heterocycles. The first-order valence-electron chi connectivity index (χ1n) is 5.89. The summed E-state index contributed by atoms with van der Waals surface area (Å²) < 4.78 is 41.7. The second-order valence-corrected chi connectivity index (χ2v) is 4.79. The van der Waals surface area contributed by atoms with E-state index in [0.717, 1.165) is 0 Å². The molecule has 1 aliphatic rings. The second kappa shape index (κ2) is 3.89. The predicted octanol–water partition coefficient (Wildman–Crippen LogP) is 1.23. The van der Waals surface area contributed by atoms with Gasteiger partial charge in [-0.2, -0.15) is 13.2 Å². The van der Waals surface area contributed by atoms with Crippen LogP contribution in [0, 0.1) is 6.92 Å². The molecule has 0 saturated carbocycles. The first kappa shape index (κ1) is 12.3. The Morgan fingerprint density at radius 3 is 2.79 bits per heavy atom. The fourth-order valence-corrected chi connectivity index (χ4v) is 2.47. The lowest BCUT2D eigenvalue weighted by molar-refractivity contribution is -0.187. The van der Waals surface area contributed by atoms with Crippen molar-refractivity contribution in [2.45, 2.75) is 24.9 Å². The van der Waals surface area contributed by atoms with Crippen molar-refractivity contribution in [3.05, 3.63) is 23.9 Å². The van der Waals surface area contributed by atoms with Gasteiger partial charge in [-0.15, -0.1) is 10.2 Å². The summed E-state index contributed by atoms with van der Waals surface area (Å²) in [5.41, 5.74) is -0.904. The Bertz CT molecular complexity index is 612. The highest BCUT2D eigenvalue weighted by Gasteiger charge is 2.60. The van der Waals surface area contributed by atoms with Crippen LogP contribution in [-0.4, -0.2) is 38.8 Å². The Morgan fingerprint density at radius 1 is 1.37 bits per heavy atom. The van der Waals surface area contributed by atoms with Crippen LogP contribution in [0.5, 0.6) is 0 Å². The number of hydrogen-bond acceptors (Lipinski definition) is 4. The lowest BCUT2D eigenvalue weighted by Gasteiger charge is -2.28. The maximum atomic E-state index is 13.4. The van der Waals surface area contributed by atoms with E-state index >= 15 is 0 Å². The molecule has 1 atom stereocenters. The molecule has 0 amide bonds. The molecule has 1 fully saturated rings. The van der Waals surface area contributed by atoms with E-state index in [9.17, 15) is 13.2 Å². The summed E-state index contributed by atoms with van der Waals surface area (Å²) in [6, 6.07) is 1.61. The highest BCUT2D eigenvalue weighted by Crippen LogP contribution is 2.44. The van der Waals surface area contributed by atoms with E-state index in [2.05, 4.69) is 20.5 Å². The van der Waals surface area contributed by atoms with Crippen LogP contribution in [0.4, 0.5) is 13.2 Å². The summed E-state index contributed by atoms with van der Waals surface area (Å²) in [7, 11) is 0. The van der Waals surface area contributed by atoms with Crippen molar-refractivity contribution in [2.75, 3.05) is 13.1 Å². The van der Waals surface area contributed by atoms with Crippen LogP contribution in [0.1, 0.15) is 17.9 Å². The van der Waals surface area contributed by atoms with E-state index in [0.29, 0.717) is 17.9 Å². The monoisotopic (exact) mass is 271 g/mol. The molecule has 1 saturated heterocycles. The van der Waals surface area contributed by atoms with Crippen LogP contribution in [0.15, 0.2) is 12.4 Å². The third kappa shape index (κ3) is 1.70. The Kier molecular flexibility index (Phi) is 2.53. The number of nitrogens with zero attached hydrogens (tertiary/aromatic N) is 4. The fourth-order valence-electron chi connectivity index (χ4n) is 2.47. The van der Waals surface area contributed by atoms with E-state index in [1.54, 1.807) is 13.0 Å². The number of rotatable bonds is 1. The molecular formula is C11H12F3N5. The van der Waals surface area contributed by atoms with Crippen molar-refractivity contribution in [3.8, 4) is 0 Å². The number of fused-ring (bicyclic) bond motifs is 1. The van der Waals surface area contributed by atoms with Gasteiger partial charge in [-0.3, -0.25) is 4.40 Å². The van der Waals surface area contributed by atoms with Gasteiger partial charge in [0, 0.05) is 18.3 Å². The van der Waals surface area contributed by atoms with Crippen LogP contribution < -0.4 is 5.32 Å². The van der Waals surface area contributed by atoms with Crippen molar-refractivity contribution < 1.29 is 13.2 Å². The van der Waals surface area contributed by atoms with E-state index in [1.165, 1.54) is 10.7 Å². The van der Waals surface area contributed by atoms with Crippen molar-refractivity contribution in [2.24, 2.45) is 0 Å². The molecule has 19 heavy (non-hydrogen) atoms. The maximum Gasteiger partial charge on any atom is 0.402 e. The molecule has 0 aromatic carbocycles. The highest BCUT2D eigenvalue weighted by atomic mass is 19.4. The van der Waals surface area contributed by atoms with Crippen molar-refractivity contribution in [1.29, 1.82) is 0 Å². The quantitative estimate of drug-likeness (QED) is 0.847. The minimum atomic E-state index is -4.37. The molecule has 0 radical (unpaired) electrons. The zero-order valence-corrected chi connectivity index (χ0v) is 10.2. The Hall–Kier alpha value is -1.70. The Morgan fingerprint density at radius 2 is 2.16 bits per heavy atom. The molecule has 3 heterocycles. The highest BCUT2D eigenvalue weighted by molar-refractivity contribution is 5.40. The van der Waals surface area contributed by atoms with Gasteiger partial charge in [0.1, 0.15) is 11.7 Å². The smallest absolute Gasteiger partial charge is 0.315 e. The Balaban J connectivity index is 2.22. The van der Waals surface area contributed by atoms with E-state index in [4.69, 9.17) is 0 Å². The van der Waals surface area contributed by atoms with Crippen LogP contribution in [0.2, 0.25) is 0 Å². The molecule has 0 spiro atoms. The van der Waals surface area contributed by atoms with Gasteiger partial charge in [0.2, 0.25) is 0 Å². The predicted molar refractivity (Wildman–Crippen MR) is 60.7 cm³/mol. The summed E-state index contributed by atoms with van der Waals surface area (Å²) in [6.07, 6.45) is -3.05. The average Bonchev–Trinajstić information content (AvgIpc) is 2.92. The number of hydrogen-bond donors (Lipinski definition) is 1. The standard InChI is InChI=1S/C11H12F3N5/c1-7-4-8-17-18-9(19(8)6-16-7)10(11(12,13)14)2-3-15-5-10/h4,6,15H,2-3,5H2,1H3. The molecule has 2 aromatic rings. The normalized spacial score (nSPS) is 24.2. The summed E-state index contributed by atoms with van der Waals surface area (Å²) in [4.78, 5) is 4.02. The summed E-state index contributed by atoms with van der Waals surface area (Å²) >= 11 is 0. The molecule has 102 valence electrons. The van der Waals surface area contributed by atoms with Crippen molar-refractivity contribution >= 4 is 5.65 Å². The number of aromatic nitrogens is 4. The first-order valence-corrected chi connectivity index (χ1v) is 5.89. The average molecular weight is 271 g/mol. The maximum absolute atomic E-state index is 13.4. The zero-order valence-electron chi connectivity index (χ0n) is 10.2. The van der Waals surface area contributed by atoms with Gasteiger partial charge in [0.15, 0.2) is 11.5 Å². The van der Waals surface area contributed by atoms with E-state index in [1.807, 2.05) is 0 Å². The third-order valence-corrected chi connectivity index (χ3v) is 3.56. The van der Waals surface area contributed by atoms with E-state index in [-0.39, 0.29) is 18.8 Å². The molecule has 0 aliphatic carbocycles. The largest absolute Gasteiger partial charge is 0.402 e. The number of aryl methyl sites for hydroxylation is 1. The number of nitrogens with one attached hydrogen (secondary N) is 1. The van der Waals surface area contributed by atoms with Crippen LogP contribution in [-0.2, 0) is 5.41 Å². The van der Waals surface area contributed by atoms with Gasteiger partial charge >= 0.3 is 6.18 Å². The molecule has 2 aromatic heterocycles. The molecule has 1 N–H and O–H groups in total. The molecular weight excluding hydrogens is 259 g/mol. The summed E-state index contributed by atoms with van der Waals surface area (Å²) in [6.45, 7) is 1.89. The van der Waals surface area contributed by atoms with Crippen LogP contribution >= 0.6 is 0 Å². The van der Waals surface area contributed by atoms with Gasteiger partial charge in [0.05, 0.1) is 0 Å². The minimum absolute atomic E-state index is 0.0365. The van der Waals surface area contributed by atoms with Gasteiger partial charge in [0.25, 0.3) is 0 Å². The topological polar surface area (TPSA) is 55.1 Å². The van der Waals surface area contributed by atoms with Gasteiger partial charge < -0.3 is 5.32 Å². The SMILES string of the molecule is Cc1cc2nnc(C3(C(F)(F)F)CCNC3)n2cn1. The fraction of sp³-hybridized carbons (Fsp3) is 0.545. The Labute approximate surface area is 106 Å². The molecule has 0 bridgehead atoms. The number of halogens is 3. The van der Waals surface area contributed by atoms with E-state index < -0.39 is 11.6 Å². The van der Waals surface area contributed by atoms with Crippen molar-refractivity contribution in [1.82, 2.24) is 24.9 Å². The van der Waals surface area contributed by atoms with Crippen molar-refractivity contribution in [3.63, 3.8) is 0 Å². The molecule has 3 rings (SSSR count). The summed E-state index contributed by atoms with van der Waals surface area (Å²) in [5.74, 6) is -0.0903. The van der Waals surface area contributed by atoms with Gasteiger partial charge in [-0.1, -0.05) is 0 Å². The van der Waals surface area contributed by atoms with Crippen LogP contribution in [0.3, 0.4) is 0 Å². The second-order valence-electron chi connectivity index (χ2n) is 4.79. The van der Waals surface area contributed by atoms with Gasteiger partial charge in [-0.05, 0) is 19.9 Å². The number of alkyl halides is 3. The van der Waals surface area contributed by atoms with Gasteiger partial charge in [-0.25, -0.2) is 4.98 Å². The molecule has 1 unspecified atom stereocenters. The summed E-state index contributed by atoms with van der Waals surface area (Å²) in [5, 5.41) is 10.4. The first-order chi connectivity index (χ1) is 8.94. The lowest BCUT2D eigenvalue weighted by atomic mass is 9.85. The molecule has 8 heteroatoms. The minimum Gasteiger partial charge on any atom is -0.315 e. The van der Waals surface area contributed by atoms with Crippen LogP contribution in [0.25, 0.3) is 5.65 Å². The third-order valence-electron chi connectivity index (χ3n) is 3.56. The lowest BCUT2D eigenvalue weighted by Crippen LogP contribution is -2.45. The molecule has 5 nitrogen and oxygen atoms in total.